The van der Waals surface area contributed by atoms with Crippen molar-refractivity contribution >= 4 is 5.97 Å². The van der Waals surface area contributed by atoms with E-state index in [0.29, 0.717) is 5.82 Å². The maximum absolute atomic E-state index is 12.5. The second kappa shape index (κ2) is 11.9. The molecule has 0 saturated carbocycles. The normalized spacial score (nSPS) is 19.2. The number of esters is 1. The molecule has 178 valence electrons. The third-order valence-corrected chi connectivity index (χ3v) is 5.32. The topological polar surface area (TPSA) is 79.8 Å². The Kier molecular flexibility index (Phi) is 8.97. The van der Waals surface area contributed by atoms with Crippen molar-refractivity contribution in [2.75, 3.05) is 6.61 Å². The molecule has 1 fully saturated rings. The van der Waals surface area contributed by atoms with Crippen LogP contribution in [-0.4, -0.2) is 40.5 Å². The first-order valence-electron chi connectivity index (χ1n) is 11.7. The molecule has 0 bridgehead atoms. The number of rotatable bonds is 12. The number of nitrogens with zero attached hydrogens (tertiary/aromatic N) is 2. The smallest absolute Gasteiger partial charge is 0.343 e. The quantitative estimate of drug-likeness (QED) is 0.238. The van der Waals surface area contributed by atoms with Crippen molar-refractivity contribution in [2.24, 2.45) is 0 Å². The van der Waals surface area contributed by atoms with Crippen molar-refractivity contribution in [1.82, 2.24) is 9.97 Å². The molecule has 0 N–H and O–H groups in total. The van der Waals surface area contributed by atoms with E-state index in [1.54, 1.807) is 13.8 Å². The SMILES string of the molecule is C=C[C@H]1OC(C)(C)O[C@H]1C(=O)Oc1cnc(-c2ccc(OCCCCCCCC)cc2)nc1. The molecule has 0 aliphatic carbocycles. The maximum atomic E-state index is 12.5. The molecular weight excluding hydrogens is 420 g/mol. The number of aromatic nitrogens is 2. The van der Waals surface area contributed by atoms with Gasteiger partial charge in [0.15, 0.2) is 23.5 Å². The lowest BCUT2D eigenvalue weighted by atomic mass is 10.1. The van der Waals surface area contributed by atoms with E-state index in [1.807, 2.05) is 24.3 Å². The van der Waals surface area contributed by atoms with Gasteiger partial charge in [-0.25, -0.2) is 14.8 Å². The molecule has 0 radical (unpaired) electrons. The fourth-order valence-corrected chi connectivity index (χ4v) is 3.61. The minimum atomic E-state index is -0.888. The number of benzene rings is 1. The van der Waals surface area contributed by atoms with Gasteiger partial charge in [-0.3, -0.25) is 0 Å². The van der Waals surface area contributed by atoms with E-state index in [-0.39, 0.29) is 5.75 Å². The monoisotopic (exact) mass is 454 g/mol. The molecule has 2 heterocycles. The highest BCUT2D eigenvalue weighted by molar-refractivity contribution is 5.78. The first-order chi connectivity index (χ1) is 15.9. The van der Waals surface area contributed by atoms with E-state index < -0.39 is 24.0 Å². The third kappa shape index (κ3) is 7.37. The summed E-state index contributed by atoms with van der Waals surface area (Å²) in [6.07, 6.45) is 10.4. The average molecular weight is 455 g/mol. The standard InChI is InChI=1S/C26H34N2O5/c1-5-7-8-9-10-11-16-30-20-14-12-19(13-15-20)24-27-17-21(18-28-24)31-25(29)23-22(6-2)32-26(3,4)33-23/h6,12-15,17-18,22-23H,2,5,7-11,16H2,1,3-4H3/t22-,23-/m1/s1. The number of hydrogen-bond donors (Lipinski definition) is 0. The summed E-state index contributed by atoms with van der Waals surface area (Å²) >= 11 is 0. The lowest BCUT2D eigenvalue weighted by Crippen LogP contribution is -2.34. The molecular formula is C26H34N2O5. The number of ether oxygens (including phenoxy) is 4. The van der Waals surface area contributed by atoms with Gasteiger partial charge in [-0.15, -0.1) is 6.58 Å². The van der Waals surface area contributed by atoms with E-state index in [2.05, 4.69) is 23.5 Å². The largest absolute Gasteiger partial charge is 0.494 e. The second-order valence-electron chi connectivity index (χ2n) is 8.56. The molecule has 3 rings (SSSR count). The van der Waals surface area contributed by atoms with Gasteiger partial charge in [0, 0.05) is 5.56 Å². The Bertz CT molecular complexity index is 896. The Morgan fingerprint density at radius 3 is 2.36 bits per heavy atom. The van der Waals surface area contributed by atoms with Gasteiger partial charge in [-0.2, -0.15) is 0 Å². The van der Waals surface area contributed by atoms with Crippen LogP contribution in [0.15, 0.2) is 49.3 Å². The van der Waals surface area contributed by atoms with E-state index in [0.717, 1.165) is 24.3 Å². The fourth-order valence-electron chi connectivity index (χ4n) is 3.61. The third-order valence-electron chi connectivity index (χ3n) is 5.32. The predicted molar refractivity (Wildman–Crippen MR) is 126 cm³/mol. The van der Waals surface area contributed by atoms with Crippen LogP contribution in [0.3, 0.4) is 0 Å². The molecule has 1 aliphatic rings. The number of hydrogen-bond acceptors (Lipinski definition) is 7. The molecule has 2 atom stereocenters. The number of carbonyl (C=O) groups excluding carboxylic acids is 1. The predicted octanol–water partition coefficient (Wildman–Crippen LogP) is 5.49. The zero-order valence-electron chi connectivity index (χ0n) is 19.8. The zero-order chi connectivity index (χ0) is 23.7. The summed E-state index contributed by atoms with van der Waals surface area (Å²) in [5.41, 5.74) is 0.848. The summed E-state index contributed by atoms with van der Waals surface area (Å²) in [4.78, 5) is 21.1. The van der Waals surface area contributed by atoms with Crippen molar-refractivity contribution in [3.63, 3.8) is 0 Å². The Morgan fingerprint density at radius 1 is 1.03 bits per heavy atom. The first-order valence-corrected chi connectivity index (χ1v) is 11.7. The Balaban J connectivity index is 1.48. The highest BCUT2D eigenvalue weighted by Gasteiger charge is 2.45. The van der Waals surface area contributed by atoms with Crippen molar-refractivity contribution in [2.45, 2.75) is 77.3 Å². The molecule has 7 nitrogen and oxygen atoms in total. The number of carbonyl (C=O) groups is 1. The van der Waals surface area contributed by atoms with Crippen molar-refractivity contribution in [3.05, 3.63) is 49.3 Å². The van der Waals surface area contributed by atoms with Crippen LogP contribution < -0.4 is 9.47 Å². The molecule has 2 aromatic rings. The molecule has 0 amide bonds. The van der Waals surface area contributed by atoms with Gasteiger partial charge in [-0.1, -0.05) is 45.1 Å². The minimum absolute atomic E-state index is 0.235. The summed E-state index contributed by atoms with van der Waals surface area (Å²) < 4.78 is 22.5. The molecule has 0 spiro atoms. The summed E-state index contributed by atoms with van der Waals surface area (Å²) in [5.74, 6) is 0.138. The average Bonchev–Trinajstić information content (AvgIpc) is 3.14. The van der Waals surface area contributed by atoms with E-state index >= 15 is 0 Å². The lowest BCUT2D eigenvalue weighted by molar-refractivity contribution is -0.163. The van der Waals surface area contributed by atoms with Gasteiger partial charge in [0.05, 0.1) is 19.0 Å². The second-order valence-corrected chi connectivity index (χ2v) is 8.56. The van der Waals surface area contributed by atoms with Crippen LogP contribution in [0.25, 0.3) is 11.4 Å². The van der Waals surface area contributed by atoms with Crippen LogP contribution in [-0.2, 0) is 14.3 Å². The van der Waals surface area contributed by atoms with Crippen molar-refractivity contribution < 1.29 is 23.7 Å². The van der Waals surface area contributed by atoms with Gasteiger partial charge in [0.2, 0.25) is 0 Å². The van der Waals surface area contributed by atoms with Gasteiger partial charge >= 0.3 is 5.97 Å². The van der Waals surface area contributed by atoms with E-state index in [9.17, 15) is 4.79 Å². The van der Waals surface area contributed by atoms with Crippen molar-refractivity contribution in [1.29, 1.82) is 0 Å². The van der Waals surface area contributed by atoms with Crippen LogP contribution in [0.4, 0.5) is 0 Å². The molecule has 33 heavy (non-hydrogen) atoms. The van der Waals surface area contributed by atoms with E-state index in [4.69, 9.17) is 18.9 Å². The zero-order valence-corrected chi connectivity index (χ0v) is 19.8. The molecule has 1 saturated heterocycles. The Hall–Kier alpha value is -2.77. The lowest BCUT2D eigenvalue weighted by Gasteiger charge is -2.16. The van der Waals surface area contributed by atoms with Crippen LogP contribution in [0.1, 0.15) is 59.3 Å². The summed E-state index contributed by atoms with van der Waals surface area (Å²) in [6, 6.07) is 7.66. The van der Waals surface area contributed by atoms with E-state index in [1.165, 1.54) is 50.6 Å². The molecule has 0 unspecified atom stereocenters. The fraction of sp³-hybridized carbons (Fsp3) is 0.500. The van der Waals surface area contributed by atoms with Gasteiger partial charge in [0.1, 0.15) is 11.9 Å². The summed E-state index contributed by atoms with van der Waals surface area (Å²) in [7, 11) is 0. The highest BCUT2D eigenvalue weighted by Crippen LogP contribution is 2.30. The number of unbranched alkanes of at least 4 members (excludes halogenated alkanes) is 5. The first kappa shape index (κ1) is 24.9. The van der Waals surface area contributed by atoms with Crippen LogP contribution in [0, 0.1) is 0 Å². The maximum Gasteiger partial charge on any atom is 0.343 e. The Labute approximate surface area is 196 Å². The van der Waals surface area contributed by atoms with Crippen LogP contribution >= 0.6 is 0 Å². The molecule has 1 aliphatic heterocycles. The van der Waals surface area contributed by atoms with Crippen LogP contribution in [0.2, 0.25) is 0 Å². The van der Waals surface area contributed by atoms with Crippen molar-refractivity contribution in [3.8, 4) is 22.9 Å². The molecule has 1 aromatic carbocycles. The highest BCUT2D eigenvalue weighted by atomic mass is 16.8. The molecule has 1 aromatic heterocycles. The Morgan fingerprint density at radius 2 is 1.70 bits per heavy atom. The van der Waals surface area contributed by atoms with Gasteiger partial charge in [-0.05, 0) is 44.5 Å². The van der Waals surface area contributed by atoms with Gasteiger partial charge < -0.3 is 18.9 Å². The van der Waals surface area contributed by atoms with Crippen LogP contribution in [0.5, 0.6) is 11.5 Å². The molecule has 7 heteroatoms. The minimum Gasteiger partial charge on any atom is -0.494 e. The summed E-state index contributed by atoms with van der Waals surface area (Å²) in [6.45, 7) is 10.1. The summed E-state index contributed by atoms with van der Waals surface area (Å²) in [5, 5.41) is 0. The van der Waals surface area contributed by atoms with Gasteiger partial charge in [0.25, 0.3) is 0 Å².